The Balaban J connectivity index is 4.42. The van der Waals surface area contributed by atoms with Crippen molar-refractivity contribution in [1.29, 1.82) is 0 Å². The Bertz CT molecular complexity index is 280. The molecule has 0 saturated heterocycles. The van der Waals surface area contributed by atoms with Crippen molar-refractivity contribution in [3.8, 4) is 0 Å². The smallest absolute Gasteiger partial charge is 0.0547 e. The first-order chi connectivity index (χ1) is 12.0. The molecular formula is C23H46O2. The molecule has 2 unspecified atom stereocenters. The van der Waals surface area contributed by atoms with Crippen molar-refractivity contribution < 1.29 is 9.47 Å². The Kier molecular flexibility index (Phi) is 15.7. The molecule has 0 fully saturated rings. The van der Waals surface area contributed by atoms with Crippen LogP contribution in [0.3, 0.4) is 0 Å². The summed E-state index contributed by atoms with van der Waals surface area (Å²) in [6.45, 7) is 18.7. The molecule has 0 N–H and O–H groups in total. The van der Waals surface area contributed by atoms with Gasteiger partial charge in [0.1, 0.15) is 0 Å². The lowest BCUT2D eigenvalue weighted by Gasteiger charge is -2.33. The van der Waals surface area contributed by atoms with Crippen molar-refractivity contribution in [2.75, 3.05) is 26.4 Å². The summed E-state index contributed by atoms with van der Waals surface area (Å²) in [5.74, 6) is 1.30. The van der Waals surface area contributed by atoms with Crippen LogP contribution in [0.2, 0.25) is 0 Å². The minimum absolute atomic E-state index is 0.103. The van der Waals surface area contributed by atoms with Crippen LogP contribution in [0.15, 0.2) is 12.7 Å². The molecule has 2 atom stereocenters. The molecule has 0 aromatic carbocycles. The molecule has 0 amide bonds. The molecule has 0 bridgehead atoms. The molecule has 2 heteroatoms. The molecule has 0 aliphatic heterocycles. The van der Waals surface area contributed by atoms with E-state index in [-0.39, 0.29) is 5.41 Å². The Morgan fingerprint density at radius 2 is 1.32 bits per heavy atom. The van der Waals surface area contributed by atoms with E-state index in [0.29, 0.717) is 11.8 Å². The number of hydrogen-bond donors (Lipinski definition) is 0. The van der Waals surface area contributed by atoms with Crippen LogP contribution in [0.1, 0.15) is 92.4 Å². The molecule has 0 rings (SSSR count). The predicted molar refractivity (Wildman–Crippen MR) is 111 cm³/mol. The van der Waals surface area contributed by atoms with Crippen molar-refractivity contribution >= 4 is 0 Å². The van der Waals surface area contributed by atoms with Crippen molar-refractivity contribution in [2.45, 2.75) is 92.4 Å². The molecule has 2 nitrogen and oxygen atoms in total. The fourth-order valence-electron chi connectivity index (χ4n) is 3.47. The first kappa shape index (κ1) is 24.7. The molecule has 0 radical (unpaired) electrons. The maximum Gasteiger partial charge on any atom is 0.0547 e. The van der Waals surface area contributed by atoms with Gasteiger partial charge in [-0.3, -0.25) is 0 Å². The van der Waals surface area contributed by atoms with Crippen LogP contribution in [-0.4, -0.2) is 26.4 Å². The van der Waals surface area contributed by atoms with Gasteiger partial charge in [0.2, 0.25) is 0 Å². The van der Waals surface area contributed by atoms with E-state index < -0.39 is 0 Å². The van der Waals surface area contributed by atoms with E-state index in [9.17, 15) is 0 Å². The number of allylic oxidation sites excluding steroid dienone is 1. The Morgan fingerprint density at radius 1 is 0.840 bits per heavy atom. The van der Waals surface area contributed by atoms with Crippen LogP contribution in [0.5, 0.6) is 0 Å². The SMILES string of the molecule is C=CCC(CCC)(COCC(C)CCCC)COCC(C)CCCC. The van der Waals surface area contributed by atoms with Gasteiger partial charge in [0.15, 0.2) is 0 Å². The van der Waals surface area contributed by atoms with Gasteiger partial charge in [-0.15, -0.1) is 6.58 Å². The van der Waals surface area contributed by atoms with Gasteiger partial charge >= 0.3 is 0 Å². The van der Waals surface area contributed by atoms with Crippen LogP contribution in [0, 0.1) is 17.3 Å². The topological polar surface area (TPSA) is 18.5 Å². The fourth-order valence-corrected chi connectivity index (χ4v) is 3.47. The second-order valence-electron chi connectivity index (χ2n) is 8.27. The largest absolute Gasteiger partial charge is 0.380 e. The molecule has 0 aliphatic rings. The first-order valence-electron chi connectivity index (χ1n) is 10.8. The molecule has 0 spiro atoms. The van der Waals surface area contributed by atoms with E-state index in [4.69, 9.17) is 9.47 Å². The van der Waals surface area contributed by atoms with Gasteiger partial charge in [-0.2, -0.15) is 0 Å². The van der Waals surface area contributed by atoms with Gasteiger partial charge in [-0.25, -0.2) is 0 Å². The van der Waals surface area contributed by atoms with Crippen molar-refractivity contribution in [3.05, 3.63) is 12.7 Å². The van der Waals surface area contributed by atoms with Gasteiger partial charge in [0.05, 0.1) is 13.2 Å². The molecular weight excluding hydrogens is 308 g/mol. The van der Waals surface area contributed by atoms with Crippen LogP contribution < -0.4 is 0 Å². The number of ether oxygens (including phenoxy) is 2. The quantitative estimate of drug-likeness (QED) is 0.246. The average Bonchev–Trinajstić information content (AvgIpc) is 2.58. The van der Waals surface area contributed by atoms with Gasteiger partial charge in [-0.05, 0) is 37.5 Å². The Labute approximate surface area is 158 Å². The van der Waals surface area contributed by atoms with Crippen LogP contribution >= 0.6 is 0 Å². The lowest BCUT2D eigenvalue weighted by molar-refractivity contribution is -0.0404. The predicted octanol–water partition coefficient (Wildman–Crippen LogP) is 7.03. The van der Waals surface area contributed by atoms with Crippen molar-refractivity contribution in [2.24, 2.45) is 17.3 Å². The van der Waals surface area contributed by atoms with E-state index >= 15 is 0 Å². The van der Waals surface area contributed by atoms with Gasteiger partial charge in [0.25, 0.3) is 0 Å². The molecule has 0 aromatic rings. The second kappa shape index (κ2) is 15.9. The second-order valence-corrected chi connectivity index (χ2v) is 8.27. The lowest BCUT2D eigenvalue weighted by atomic mass is 9.81. The van der Waals surface area contributed by atoms with Crippen molar-refractivity contribution in [1.82, 2.24) is 0 Å². The highest BCUT2D eigenvalue weighted by atomic mass is 16.5. The molecule has 0 heterocycles. The third-order valence-electron chi connectivity index (χ3n) is 5.08. The highest BCUT2D eigenvalue weighted by Gasteiger charge is 2.29. The van der Waals surface area contributed by atoms with Gasteiger partial charge < -0.3 is 9.47 Å². The number of hydrogen-bond acceptors (Lipinski definition) is 2. The summed E-state index contributed by atoms with van der Waals surface area (Å²) in [7, 11) is 0. The standard InChI is InChI=1S/C23H46O2/c1-7-11-13-21(5)17-24-19-23(15-9-3,16-10-4)20-25-18-22(6)14-12-8-2/h9,21-22H,3,7-8,10-20H2,1-2,4-6H3. The fraction of sp³-hybridized carbons (Fsp3) is 0.913. The summed E-state index contributed by atoms with van der Waals surface area (Å²) in [5, 5.41) is 0. The van der Waals surface area contributed by atoms with Gasteiger partial charge in [0, 0.05) is 18.6 Å². The van der Waals surface area contributed by atoms with E-state index in [1.165, 1.54) is 38.5 Å². The highest BCUT2D eigenvalue weighted by Crippen LogP contribution is 2.30. The molecule has 25 heavy (non-hydrogen) atoms. The van der Waals surface area contributed by atoms with E-state index in [0.717, 1.165) is 45.7 Å². The minimum atomic E-state index is 0.103. The maximum absolute atomic E-state index is 6.16. The van der Waals surface area contributed by atoms with E-state index in [2.05, 4.69) is 41.2 Å². The van der Waals surface area contributed by atoms with Gasteiger partial charge in [-0.1, -0.05) is 72.8 Å². The van der Waals surface area contributed by atoms with Crippen LogP contribution in [-0.2, 0) is 9.47 Å². The number of rotatable bonds is 18. The summed E-state index contributed by atoms with van der Waals surface area (Å²) >= 11 is 0. The molecule has 150 valence electrons. The Morgan fingerprint density at radius 3 is 1.68 bits per heavy atom. The Hall–Kier alpha value is -0.340. The van der Waals surface area contributed by atoms with Crippen molar-refractivity contribution in [3.63, 3.8) is 0 Å². The maximum atomic E-state index is 6.16. The molecule has 0 aromatic heterocycles. The average molecular weight is 355 g/mol. The highest BCUT2D eigenvalue weighted by molar-refractivity contribution is 4.86. The van der Waals surface area contributed by atoms with Crippen LogP contribution in [0.25, 0.3) is 0 Å². The lowest BCUT2D eigenvalue weighted by Crippen LogP contribution is -2.33. The third-order valence-corrected chi connectivity index (χ3v) is 5.08. The van der Waals surface area contributed by atoms with E-state index in [1.807, 2.05) is 6.08 Å². The summed E-state index contributed by atoms with van der Waals surface area (Å²) in [6, 6.07) is 0. The minimum Gasteiger partial charge on any atom is -0.380 e. The monoisotopic (exact) mass is 354 g/mol. The molecule has 0 aliphatic carbocycles. The number of unbranched alkanes of at least 4 members (excludes halogenated alkanes) is 2. The zero-order valence-electron chi connectivity index (χ0n) is 17.9. The first-order valence-corrected chi connectivity index (χ1v) is 10.8. The molecule has 0 saturated carbocycles. The summed E-state index contributed by atoms with van der Waals surface area (Å²) in [5.41, 5.74) is 0.103. The zero-order valence-corrected chi connectivity index (χ0v) is 17.9. The summed E-state index contributed by atoms with van der Waals surface area (Å²) in [4.78, 5) is 0. The summed E-state index contributed by atoms with van der Waals surface area (Å²) < 4.78 is 12.3. The third kappa shape index (κ3) is 12.6. The zero-order chi connectivity index (χ0) is 19.0. The summed E-state index contributed by atoms with van der Waals surface area (Å²) in [6.07, 6.45) is 13.0. The van der Waals surface area contributed by atoms with E-state index in [1.54, 1.807) is 0 Å². The van der Waals surface area contributed by atoms with Crippen LogP contribution in [0.4, 0.5) is 0 Å². The normalized spacial score (nSPS) is 16.4.